The van der Waals surface area contributed by atoms with E-state index in [1.54, 1.807) is 4.90 Å². The van der Waals surface area contributed by atoms with Gasteiger partial charge in [-0.3, -0.25) is 9.59 Å². The van der Waals surface area contributed by atoms with Gasteiger partial charge in [-0.15, -0.1) is 0 Å². The van der Waals surface area contributed by atoms with E-state index in [0.717, 1.165) is 5.56 Å². The Kier molecular flexibility index (Phi) is 7.46. The third-order valence-corrected chi connectivity index (χ3v) is 3.39. The van der Waals surface area contributed by atoms with E-state index >= 15 is 0 Å². The van der Waals surface area contributed by atoms with Gasteiger partial charge < -0.3 is 16.0 Å². The zero-order valence-corrected chi connectivity index (χ0v) is 12.8. The molecule has 0 aromatic heterocycles. The Morgan fingerprint density at radius 3 is 2.38 bits per heavy atom. The number of rotatable bonds is 8. The SMILES string of the molecule is CCN(CC)C(=O)CCNC(=O)[C@@H](N)Cc1ccccc1. The van der Waals surface area contributed by atoms with Crippen LogP contribution in [0.3, 0.4) is 0 Å². The smallest absolute Gasteiger partial charge is 0.237 e. The number of nitrogens with two attached hydrogens (primary N) is 1. The average molecular weight is 291 g/mol. The first-order chi connectivity index (χ1) is 10.1. The molecule has 0 saturated heterocycles. The summed E-state index contributed by atoms with van der Waals surface area (Å²) >= 11 is 0. The van der Waals surface area contributed by atoms with Crippen molar-refractivity contribution in [3.8, 4) is 0 Å². The second kappa shape index (κ2) is 9.13. The van der Waals surface area contributed by atoms with Crippen LogP contribution in [-0.4, -0.2) is 42.4 Å². The fourth-order valence-corrected chi connectivity index (χ4v) is 2.12. The molecular formula is C16H25N3O2. The summed E-state index contributed by atoms with van der Waals surface area (Å²) in [6.07, 6.45) is 0.808. The summed E-state index contributed by atoms with van der Waals surface area (Å²) in [5.41, 5.74) is 6.90. The van der Waals surface area contributed by atoms with E-state index < -0.39 is 6.04 Å². The lowest BCUT2D eigenvalue weighted by molar-refractivity contribution is -0.130. The molecule has 0 saturated carbocycles. The summed E-state index contributed by atoms with van der Waals surface area (Å²) in [4.78, 5) is 25.4. The zero-order chi connectivity index (χ0) is 15.7. The molecule has 21 heavy (non-hydrogen) atoms. The van der Waals surface area contributed by atoms with E-state index in [1.807, 2.05) is 44.2 Å². The van der Waals surface area contributed by atoms with Crippen LogP contribution in [0.2, 0.25) is 0 Å². The maximum absolute atomic E-state index is 11.9. The predicted molar refractivity (Wildman–Crippen MR) is 83.7 cm³/mol. The largest absolute Gasteiger partial charge is 0.354 e. The van der Waals surface area contributed by atoms with Crippen LogP contribution in [0.15, 0.2) is 30.3 Å². The minimum absolute atomic E-state index is 0.0527. The van der Waals surface area contributed by atoms with Crippen molar-refractivity contribution in [3.05, 3.63) is 35.9 Å². The third kappa shape index (κ3) is 5.95. The number of carbonyl (C=O) groups is 2. The number of nitrogens with zero attached hydrogens (tertiary/aromatic N) is 1. The molecule has 1 rings (SSSR count). The quantitative estimate of drug-likeness (QED) is 0.748. The Hall–Kier alpha value is -1.88. The van der Waals surface area contributed by atoms with Gasteiger partial charge in [0.15, 0.2) is 0 Å². The van der Waals surface area contributed by atoms with Gasteiger partial charge in [0.05, 0.1) is 6.04 Å². The van der Waals surface area contributed by atoms with Crippen molar-refractivity contribution in [2.45, 2.75) is 32.7 Å². The summed E-state index contributed by atoms with van der Waals surface area (Å²) in [6.45, 7) is 5.59. The molecule has 0 heterocycles. The van der Waals surface area contributed by atoms with Crippen molar-refractivity contribution >= 4 is 11.8 Å². The van der Waals surface area contributed by atoms with Crippen LogP contribution in [0, 0.1) is 0 Å². The monoisotopic (exact) mass is 291 g/mol. The Labute approximate surface area is 126 Å². The van der Waals surface area contributed by atoms with Crippen molar-refractivity contribution in [2.75, 3.05) is 19.6 Å². The third-order valence-electron chi connectivity index (χ3n) is 3.39. The second-order valence-electron chi connectivity index (χ2n) is 4.90. The molecular weight excluding hydrogens is 266 g/mol. The Morgan fingerprint density at radius 1 is 1.19 bits per heavy atom. The minimum Gasteiger partial charge on any atom is -0.354 e. The highest BCUT2D eigenvalue weighted by atomic mass is 16.2. The number of hydrogen-bond donors (Lipinski definition) is 2. The molecule has 5 heteroatoms. The molecule has 116 valence electrons. The van der Waals surface area contributed by atoms with E-state index in [-0.39, 0.29) is 11.8 Å². The summed E-state index contributed by atoms with van der Waals surface area (Å²) in [7, 11) is 0. The maximum Gasteiger partial charge on any atom is 0.237 e. The molecule has 0 aliphatic rings. The van der Waals surface area contributed by atoms with Crippen LogP contribution in [-0.2, 0) is 16.0 Å². The zero-order valence-electron chi connectivity index (χ0n) is 12.8. The molecule has 3 N–H and O–H groups in total. The Balaban J connectivity index is 2.32. The number of nitrogens with one attached hydrogen (secondary N) is 1. The van der Waals surface area contributed by atoms with Crippen LogP contribution in [0.25, 0.3) is 0 Å². The van der Waals surface area contributed by atoms with Gasteiger partial charge in [0.25, 0.3) is 0 Å². The number of amides is 2. The van der Waals surface area contributed by atoms with Crippen LogP contribution in [0.5, 0.6) is 0 Å². The summed E-state index contributed by atoms with van der Waals surface area (Å²) in [5, 5.41) is 2.73. The molecule has 2 amide bonds. The van der Waals surface area contributed by atoms with Crippen LogP contribution >= 0.6 is 0 Å². The first-order valence-electron chi connectivity index (χ1n) is 7.43. The van der Waals surface area contributed by atoms with E-state index in [4.69, 9.17) is 5.73 Å². The number of carbonyl (C=O) groups excluding carboxylic acids is 2. The Morgan fingerprint density at radius 2 is 1.81 bits per heavy atom. The fourth-order valence-electron chi connectivity index (χ4n) is 2.12. The first-order valence-corrected chi connectivity index (χ1v) is 7.43. The number of hydrogen-bond acceptors (Lipinski definition) is 3. The van der Waals surface area contributed by atoms with E-state index in [2.05, 4.69) is 5.32 Å². The fraction of sp³-hybridized carbons (Fsp3) is 0.500. The van der Waals surface area contributed by atoms with Crippen LogP contribution < -0.4 is 11.1 Å². The highest BCUT2D eigenvalue weighted by Crippen LogP contribution is 2.02. The standard InChI is InChI=1S/C16H25N3O2/c1-3-19(4-2)15(20)10-11-18-16(21)14(17)12-13-8-6-5-7-9-13/h5-9,14H,3-4,10-12,17H2,1-2H3,(H,18,21)/t14-/m0/s1. The van der Waals surface area contributed by atoms with Crippen molar-refractivity contribution in [1.29, 1.82) is 0 Å². The van der Waals surface area contributed by atoms with Gasteiger partial charge in [0.2, 0.25) is 11.8 Å². The van der Waals surface area contributed by atoms with Gasteiger partial charge >= 0.3 is 0 Å². The molecule has 1 aromatic carbocycles. The van der Waals surface area contributed by atoms with Crippen molar-refractivity contribution in [1.82, 2.24) is 10.2 Å². The highest BCUT2D eigenvalue weighted by molar-refractivity contribution is 5.82. The highest BCUT2D eigenvalue weighted by Gasteiger charge is 2.15. The lowest BCUT2D eigenvalue weighted by Gasteiger charge is -2.19. The van der Waals surface area contributed by atoms with Gasteiger partial charge in [-0.05, 0) is 25.8 Å². The van der Waals surface area contributed by atoms with Gasteiger partial charge in [-0.25, -0.2) is 0 Å². The summed E-state index contributed by atoms with van der Waals surface area (Å²) in [6, 6.07) is 9.06. The lowest BCUT2D eigenvalue weighted by Crippen LogP contribution is -2.43. The average Bonchev–Trinajstić information content (AvgIpc) is 2.49. The second-order valence-corrected chi connectivity index (χ2v) is 4.90. The van der Waals surface area contributed by atoms with Gasteiger partial charge in [0.1, 0.15) is 0 Å². The number of benzene rings is 1. The molecule has 5 nitrogen and oxygen atoms in total. The molecule has 1 atom stereocenters. The molecule has 1 aromatic rings. The van der Waals surface area contributed by atoms with Gasteiger partial charge in [0, 0.05) is 26.1 Å². The minimum atomic E-state index is -0.587. The van der Waals surface area contributed by atoms with Crippen LogP contribution in [0.1, 0.15) is 25.8 Å². The molecule has 0 radical (unpaired) electrons. The topological polar surface area (TPSA) is 75.4 Å². The predicted octanol–water partition coefficient (Wildman–Crippen LogP) is 0.931. The summed E-state index contributed by atoms with van der Waals surface area (Å²) < 4.78 is 0. The van der Waals surface area contributed by atoms with Gasteiger partial charge in [-0.1, -0.05) is 30.3 Å². The van der Waals surface area contributed by atoms with E-state index in [0.29, 0.717) is 32.5 Å². The normalized spacial score (nSPS) is 11.8. The molecule has 0 bridgehead atoms. The van der Waals surface area contributed by atoms with E-state index in [1.165, 1.54) is 0 Å². The molecule has 0 aliphatic carbocycles. The Bertz CT molecular complexity index is 444. The van der Waals surface area contributed by atoms with Crippen molar-refractivity contribution in [3.63, 3.8) is 0 Å². The maximum atomic E-state index is 11.9. The van der Waals surface area contributed by atoms with E-state index in [9.17, 15) is 9.59 Å². The summed E-state index contributed by atoms with van der Waals surface area (Å²) in [5.74, 6) is -0.164. The molecule has 0 unspecified atom stereocenters. The molecule has 0 spiro atoms. The first kappa shape index (κ1) is 17.2. The van der Waals surface area contributed by atoms with Crippen molar-refractivity contribution in [2.24, 2.45) is 5.73 Å². The molecule has 0 aliphatic heterocycles. The van der Waals surface area contributed by atoms with Crippen LogP contribution in [0.4, 0.5) is 0 Å². The molecule has 0 fully saturated rings. The lowest BCUT2D eigenvalue weighted by atomic mass is 10.1. The van der Waals surface area contributed by atoms with Crippen molar-refractivity contribution < 1.29 is 9.59 Å². The van der Waals surface area contributed by atoms with Gasteiger partial charge in [-0.2, -0.15) is 0 Å².